The molecule has 2 heterocycles. The molecule has 3 fully saturated rings. The molecule has 1 spiro atoms. The number of rotatable bonds is 3. The minimum absolute atomic E-state index is 0.0671. The van der Waals surface area contributed by atoms with Crippen molar-refractivity contribution in [1.82, 2.24) is 4.90 Å². The Bertz CT molecular complexity index is 766. The van der Waals surface area contributed by atoms with E-state index in [1.54, 1.807) is 29.2 Å². The lowest BCUT2D eigenvalue weighted by atomic mass is 9.75. The van der Waals surface area contributed by atoms with E-state index in [4.69, 9.17) is 9.47 Å². The first-order chi connectivity index (χ1) is 13.6. The van der Waals surface area contributed by atoms with Gasteiger partial charge in [-0.3, -0.25) is 14.4 Å². The van der Waals surface area contributed by atoms with Gasteiger partial charge in [-0.1, -0.05) is 12.5 Å². The molecule has 0 radical (unpaired) electrons. The van der Waals surface area contributed by atoms with Crippen LogP contribution in [0.3, 0.4) is 0 Å². The number of amides is 2. The highest BCUT2D eigenvalue weighted by atomic mass is 16.6. The molecule has 3 aliphatic rings. The number of hydrogen-bond acceptors (Lipinski definition) is 5. The predicted molar refractivity (Wildman–Crippen MR) is 102 cm³/mol. The molecule has 1 unspecified atom stereocenters. The van der Waals surface area contributed by atoms with Gasteiger partial charge in [-0.05, 0) is 43.9 Å². The topological polar surface area (TPSA) is 84.9 Å². The van der Waals surface area contributed by atoms with Gasteiger partial charge in [0.15, 0.2) is 0 Å². The van der Waals surface area contributed by atoms with Crippen LogP contribution in [0.15, 0.2) is 24.3 Å². The van der Waals surface area contributed by atoms with E-state index in [9.17, 15) is 14.4 Å². The maximum Gasteiger partial charge on any atom is 0.307 e. The van der Waals surface area contributed by atoms with Crippen molar-refractivity contribution >= 4 is 23.5 Å². The van der Waals surface area contributed by atoms with Gasteiger partial charge in [-0.25, -0.2) is 0 Å². The highest BCUT2D eigenvalue weighted by molar-refractivity contribution is 5.99. The Morgan fingerprint density at radius 1 is 1.11 bits per heavy atom. The summed E-state index contributed by atoms with van der Waals surface area (Å²) in [5.41, 5.74) is 0.445. The van der Waals surface area contributed by atoms with E-state index in [1.165, 1.54) is 0 Å². The number of esters is 1. The number of carbonyl (C=O) groups excluding carboxylic acids is 3. The molecule has 1 saturated carbocycles. The Labute approximate surface area is 164 Å². The van der Waals surface area contributed by atoms with Gasteiger partial charge < -0.3 is 19.7 Å². The van der Waals surface area contributed by atoms with E-state index in [0.717, 1.165) is 32.1 Å². The zero-order valence-electron chi connectivity index (χ0n) is 15.9. The van der Waals surface area contributed by atoms with E-state index in [0.29, 0.717) is 37.6 Å². The Kier molecular flexibility index (Phi) is 5.35. The van der Waals surface area contributed by atoms with Gasteiger partial charge in [0, 0.05) is 24.3 Å². The van der Waals surface area contributed by atoms with Gasteiger partial charge >= 0.3 is 5.97 Å². The Morgan fingerprint density at radius 3 is 2.61 bits per heavy atom. The summed E-state index contributed by atoms with van der Waals surface area (Å²) in [6, 6.07) is 6.97. The third-order valence-electron chi connectivity index (χ3n) is 6.01. The molecule has 7 heteroatoms. The fourth-order valence-electron chi connectivity index (χ4n) is 4.53. The second-order valence-corrected chi connectivity index (χ2v) is 7.83. The molecule has 4 rings (SSSR count). The molecule has 1 atom stereocenters. The number of morpholine rings is 1. The van der Waals surface area contributed by atoms with Gasteiger partial charge in [0.1, 0.15) is 5.60 Å². The number of hydrogen-bond donors (Lipinski definition) is 1. The van der Waals surface area contributed by atoms with Crippen LogP contribution in [0.25, 0.3) is 0 Å². The van der Waals surface area contributed by atoms with Crippen molar-refractivity contribution in [2.24, 2.45) is 5.92 Å². The fourth-order valence-corrected chi connectivity index (χ4v) is 4.53. The molecule has 1 aromatic rings. The van der Waals surface area contributed by atoms with Gasteiger partial charge in [0.05, 0.1) is 25.6 Å². The van der Waals surface area contributed by atoms with Crippen LogP contribution in [-0.2, 0) is 19.1 Å². The van der Waals surface area contributed by atoms with Crippen molar-refractivity contribution < 1.29 is 23.9 Å². The maximum absolute atomic E-state index is 13.0. The lowest BCUT2D eigenvalue weighted by Gasteiger charge is -2.36. The van der Waals surface area contributed by atoms with Crippen molar-refractivity contribution in [2.75, 3.05) is 31.6 Å². The third-order valence-corrected chi connectivity index (χ3v) is 6.01. The predicted octanol–water partition coefficient (Wildman–Crippen LogP) is 2.36. The smallest absolute Gasteiger partial charge is 0.307 e. The monoisotopic (exact) mass is 386 g/mol. The average Bonchev–Trinajstić information content (AvgIpc) is 3.04. The van der Waals surface area contributed by atoms with Gasteiger partial charge in [0.2, 0.25) is 5.91 Å². The summed E-state index contributed by atoms with van der Waals surface area (Å²) in [5.74, 6) is -1.04. The molecule has 2 saturated heterocycles. The van der Waals surface area contributed by atoms with E-state index >= 15 is 0 Å². The number of benzene rings is 1. The summed E-state index contributed by atoms with van der Waals surface area (Å²) in [7, 11) is 0. The van der Waals surface area contributed by atoms with Crippen LogP contribution in [0.2, 0.25) is 0 Å². The SMILES string of the molecule is O=C1CC(C(=O)Nc2cccc(C(=O)N3CCOCC3)c2)C2(CCCCC2)O1. The third kappa shape index (κ3) is 3.76. The lowest BCUT2D eigenvalue weighted by Crippen LogP contribution is -2.43. The van der Waals surface area contributed by atoms with Crippen LogP contribution in [0.5, 0.6) is 0 Å². The van der Waals surface area contributed by atoms with Gasteiger partial charge in [-0.2, -0.15) is 0 Å². The maximum atomic E-state index is 13.0. The van der Waals surface area contributed by atoms with Crippen molar-refractivity contribution in [3.05, 3.63) is 29.8 Å². The van der Waals surface area contributed by atoms with Crippen molar-refractivity contribution in [2.45, 2.75) is 44.1 Å². The second kappa shape index (κ2) is 7.91. The zero-order valence-corrected chi connectivity index (χ0v) is 15.9. The molecule has 2 aliphatic heterocycles. The Morgan fingerprint density at radius 2 is 1.86 bits per heavy atom. The van der Waals surface area contributed by atoms with Crippen molar-refractivity contribution in [3.8, 4) is 0 Å². The standard InChI is InChI=1S/C21H26N2O5/c24-18-14-17(21(28-18)7-2-1-3-8-21)19(25)22-16-6-4-5-15(13-16)20(26)23-9-11-27-12-10-23/h4-6,13,17H,1-3,7-12,14H2,(H,22,25). The first-order valence-electron chi connectivity index (χ1n) is 10.1. The number of carbonyl (C=O) groups is 3. The van der Waals surface area contributed by atoms with Crippen LogP contribution >= 0.6 is 0 Å². The minimum atomic E-state index is -0.652. The van der Waals surface area contributed by atoms with E-state index in [2.05, 4.69) is 5.32 Å². The van der Waals surface area contributed by atoms with Crippen LogP contribution in [-0.4, -0.2) is 54.6 Å². The number of ether oxygens (including phenoxy) is 2. The number of anilines is 1. The second-order valence-electron chi connectivity index (χ2n) is 7.83. The summed E-state index contributed by atoms with van der Waals surface area (Å²) in [5, 5.41) is 2.91. The number of nitrogens with one attached hydrogen (secondary N) is 1. The van der Waals surface area contributed by atoms with Crippen LogP contribution < -0.4 is 5.32 Å². The molecule has 28 heavy (non-hydrogen) atoms. The Balaban J connectivity index is 1.47. The first-order valence-corrected chi connectivity index (χ1v) is 10.1. The van der Waals surface area contributed by atoms with E-state index < -0.39 is 11.5 Å². The Hall–Kier alpha value is -2.41. The molecule has 1 N–H and O–H groups in total. The largest absolute Gasteiger partial charge is 0.458 e. The first kappa shape index (κ1) is 18.9. The molecule has 1 aliphatic carbocycles. The number of nitrogens with zero attached hydrogens (tertiary/aromatic N) is 1. The fraction of sp³-hybridized carbons (Fsp3) is 0.571. The summed E-state index contributed by atoms with van der Waals surface area (Å²) in [6.07, 6.45) is 4.66. The van der Waals surface area contributed by atoms with E-state index in [1.807, 2.05) is 0 Å². The molecule has 0 bridgehead atoms. The van der Waals surface area contributed by atoms with E-state index in [-0.39, 0.29) is 24.2 Å². The summed E-state index contributed by atoms with van der Waals surface area (Å²) in [4.78, 5) is 39.3. The average molecular weight is 386 g/mol. The molecular formula is C21H26N2O5. The van der Waals surface area contributed by atoms with Crippen LogP contribution in [0, 0.1) is 5.92 Å². The van der Waals surface area contributed by atoms with Gasteiger partial charge in [-0.15, -0.1) is 0 Å². The van der Waals surface area contributed by atoms with Crippen molar-refractivity contribution in [3.63, 3.8) is 0 Å². The van der Waals surface area contributed by atoms with Crippen molar-refractivity contribution in [1.29, 1.82) is 0 Å². The highest BCUT2D eigenvalue weighted by Gasteiger charge is 2.52. The quantitative estimate of drug-likeness (QED) is 0.806. The van der Waals surface area contributed by atoms with Crippen LogP contribution in [0.4, 0.5) is 5.69 Å². The normalized spacial score (nSPS) is 24.1. The highest BCUT2D eigenvalue weighted by Crippen LogP contribution is 2.44. The molecule has 7 nitrogen and oxygen atoms in total. The molecule has 150 valence electrons. The summed E-state index contributed by atoms with van der Waals surface area (Å²) in [6.45, 7) is 2.22. The van der Waals surface area contributed by atoms with Gasteiger partial charge in [0.25, 0.3) is 5.91 Å². The minimum Gasteiger partial charge on any atom is -0.458 e. The lowest BCUT2D eigenvalue weighted by molar-refractivity contribution is -0.153. The molecular weight excluding hydrogens is 360 g/mol. The molecule has 1 aromatic carbocycles. The summed E-state index contributed by atoms with van der Waals surface area (Å²) >= 11 is 0. The summed E-state index contributed by atoms with van der Waals surface area (Å²) < 4.78 is 10.9. The van der Waals surface area contributed by atoms with Crippen LogP contribution in [0.1, 0.15) is 48.9 Å². The molecule has 0 aromatic heterocycles. The molecule has 2 amide bonds. The zero-order chi connectivity index (χ0) is 19.6.